The number of halogens is 1. The van der Waals surface area contributed by atoms with E-state index in [0.717, 1.165) is 24.3 Å². The molecule has 0 N–H and O–H groups in total. The first-order valence-electron chi connectivity index (χ1n) is 6.44. The Balaban J connectivity index is 2.07. The maximum atomic E-state index is 6.07. The van der Waals surface area contributed by atoms with Crippen molar-refractivity contribution >= 4 is 11.6 Å². The van der Waals surface area contributed by atoms with Crippen molar-refractivity contribution in [3.63, 3.8) is 0 Å². The van der Waals surface area contributed by atoms with Crippen LogP contribution < -0.4 is 0 Å². The van der Waals surface area contributed by atoms with Crippen molar-refractivity contribution in [3.05, 3.63) is 34.9 Å². The van der Waals surface area contributed by atoms with Gasteiger partial charge >= 0.3 is 0 Å². The van der Waals surface area contributed by atoms with Crippen molar-refractivity contribution in [1.82, 2.24) is 0 Å². The van der Waals surface area contributed by atoms with E-state index in [1.165, 1.54) is 43.3 Å². The van der Waals surface area contributed by atoms with Crippen LogP contribution >= 0.6 is 11.6 Å². The Morgan fingerprint density at radius 1 is 1.31 bits per heavy atom. The maximum absolute atomic E-state index is 6.07. The Hall–Kier alpha value is -0.490. The smallest absolute Gasteiger partial charge is 0.0398 e. The molecule has 0 bridgehead atoms. The summed E-state index contributed by atoms with van der Waals surface area (Å²) in [5.41, 5.74) is 2.82. The molecule has 0 radical (unpaired) electrons. The van der Waals surface area contributed by atoms with Crippen LogP contribution in [0, 0.1) is 0 Å². The van der Waals surface area contributed by atoms with E-state index >= 15 is 0 Å². The topological polar surface area (TPSA) is 0 Å². The van der Waals surface area contributed by atoms with Gasteiger partial charge in [0, 0.05) is 5.03 Å². The third-order valence-corrected chi connectivity index (χ3v) is 3.50. The van der Waals surface area contributed by atoms with Crippen molar-refractivity contribution in [2.24, 2.45) is 0 Å². The highest BCUT2D eigenvalue weighted by atomic mass is 35.5. The van der Waals surface area contributed by atoms with Crippen LogP contribution in [0.2, 0.25) is 0 Å². The normalized spacial score (nSPS) is 14.9. The van der Waals surface area contributed by atoms with E-state index in [1.807, 2.05) is 6.08 Å². The second kappa shape index (κ2) is 7.73. The lowest BCUT2D eigenvalue weighted by Crippen LogP contribution is -1.87. The van der Waals surface area contributed by atoms with Crippen molar-refractivity contribution in [2.45, 2.75) is 58.3 Å². The summed E-state index contributed by atoms with van der Waals surface area (Å²) in [4.78, 5) is 0. The van der Waals surface area contributed by atoms with Crippen LogP contribution in [0.5, 0.6) is 0 Å². The molecule has 1 aliphatic carbocycles. The van der Waals surface area contributed by atoms with E-state index in [4.69, 9.17) is 11.6 Å². The molecule has 16 heavy (non-hydrogen) atoms. The van der Waals surface area contributed by atoms with Crippen molar-refractivity contribution in [1.29, 1.82) is 0 Å². The van der Waals surface area contributed by atoms with Gasteiger partial charge in [-0.1, -0.05) is 49.6 Å². The predicted molar refractivity (Wildman–Crippen MR) is 73.8 cm³/mol. The van der Waals surface area contributed by atoms with Gasteiger partial charge in [-0.3, -0.25) is 0 Å². The van der Waals surface area contributed by atoms with Gasteiger partial charge in [-0.15, -0.1) is 0 Å². The molecule has 90 valence electrons. The van der Waals surface area contributed by atoms with Crippen molar-refractivity contribution in [3.8, 4) is 0 Å². The molecule has 0 heterocycles. The summed E-state index contributed by atoms with van der Waals surface area (Å²) >= 11 is 6.07. The average Bonchev–Trinajstić information content (AvgIpc) is 2.65. The molecule has 1 rings (SSSR count). The van der Waals surface area contributed by atoms with E-state index < -0.39 is 0 Å². The highest BCUT2D eigenvalue weighted by Gasteiger charge is 2.06. The fourth-order valence-corrected chi connectivity index (χ4v) is 2.30. The summed E-state index contributed by atoms with van der Waals surface area (Å²) in [5, 5.41) is 0.969. The SMILES string of the molecule is C=C(CCCCC)CCCC1=C(Cl)C=CC1. The summed E-state index contributed by atoms with van der Waals surface area (Å²) in [7, 11) is 0. The van der Waals surface area contributed by atoms with Gasteiger partial charge in [0.05, 0.1) is 0 Å². The molecule has 0 saturated carbocycles. The van der Waals surface area contributed by atoms with Gasteiger partial charge in [0.15, 0.2) is 0 Å². The molecule has 0 aromatic carbocycles. The zero-order chi connectivity index (χ0) is 11.8. The Labute approximate surface area is 105 Å². The summed E-state index contributed by atoms with van der Waals surface area (Å²) in [5.74, 6) is 0. The summed E-state index contributed by atoms with van der Waals surface area (Å²) < 4.78 is 0. The van der Waals surface area contributed by atoms with Gasteiger partial charge < -0.3 is 0 Å². The lowest BCUT2D eigenvalue weighted by atomic mass is 10.0. The summed E-state index contributed by atoms with van der Waals surface area (Å²) in [6.45, 7) is 6.39. The van der Waals surface area contributed by atoms with Gasteiger partial charge in [-0.25, -0.2) is 0 Å². The first kappa shape index (κ1) is 13.6. The quantitative estimate of drug-likeness (QED) is 0.373. The van der Waals surface area contributed by atoms with Crippen LogP contribution in [0.3, 0.4) is 0 Å². The number of rotatable bonds is 8. The molecule has 0 spiro atoms. The van der Waals surface area contributed by atoms with Crippen LogP contribution in [0.15, 0.2) is 34.9 Å². The first-order chi connectivity index (χ1) is 7.74. The fourth-order valence-electron chi connectivity index (χ4n) is 2.04. The van der Waals surface area contributed by atoms with Crippen LogP contribution in [-0.2, 0) is 0 Å². The lowest BCUT2D eigenvalue weighted by Gasteiger charge is -2.06. The average molecular weight is 239 g/mol. The molecule has 0 fully saturated rings. The Morgan fingerprint density at radius 3 is 2.69 bits per heavy atom. The summed E-state index contributed by atoms with van der Waals surface area (Å²) in [6.07, 6.45) is 13.9. The third kappa shape index (κ3) is 5.03. The summed E-state index contributed by atoms with van der Waals surface area (Å²) in [6, 6.07) is 0. The number of hydrogen-bond donors (Lipinski definition) is 0. The largest absolute Gasteiger partial charge is 0.0999 e. The molecule has 0 aliphatic heterocycles. The highest BCUT2D eigenvalue weighted by Crippen LogP contribution is 2.27. The van der Waals surface area contributed by atoms with Gasteiger partial charge in [-0.05, 0) is 50.2 Å². The van der Waals surface area contributed by atoms with E-state index in [-0.39, 0.29) is 0 Å². The molecule has 0 nitrogen and oxygen atoms in total. The molecule has 0 atom stereocenters. The maximum Gasteiger partial charge on any atom is 0.0398 e. The van der Waals surface area contributed by atoms with Gasteiger partial charge in [0.25, 0.3) is 0 Å². The van der Waals surface area contributed by atoms with Crippen LogP contribution in [0.4, 0.5) is 0 Å². The van der Waals surface area contributed by atoms with E-state index in [9.17, 15) is 0 Å². The monoisotopic (exact) mass is 238 g/mol. The van der Waals surface area contributed by atoms with E-state index in [2.05, 4.69) is 19.6 Å². The molecule has 0 aromatic heterocycles. The number of allylic oxidation sites excluding steroid dienone is 5. The molecule has 0 amide bonds. The standard InChI is InChI=1S/C15H23Cl/c1-3-4-5-8-13(2)9-6-10-14-11-7-12-15(14)16/h7,12H,2-6,8-11H2,1H3. The molecule has 0 aromatic rings. The van der Waals surface area contributed by atoms with Gasteiger partial charge in [0.2, 0.25) is 0 Å². The minimum Gasteiger partial charge on any atom is -0.0999 e. The predicted octanol–water partition coefficient (Wildman–Crippen LogP) is 5.75. The Bertz CT molecular complexity index is 284. The second-order valence-electron chi connectivity index (χ2n) is 4.62. The third-order valence-electron chi connectivity index (χ3n) is 3.11. The number of hydrogen-bond acceptors (Lipinski definition) is 0. The molecular weight excluding hydrogens is 216 g/mol. The fraction of sp³-hybridized carbons (Fsp3) is 0.600. The van der Waals surface area contributed by atoms with Gasteiger partial charge in [-0.2, -0.15) is 0 Å². The van der Waals surface area contributed by atoms with E-state index in [0.29, 0.717) is 0 Å². The van der Waals surface area contributed by atoms with Crippen LogP contribution in [0.25, 0.3) is 0 Å². The Kier molecular flexibility index (Phi) is 6.56. The zero-order valence-corrected chi connectivity index (χ0v) is 11.2. The first-order valence-corrected chi connectivity index (χ1v) is 6.82. The lowest BCUT2D eigenvalue weighted by molar-refractivity contribution is 0.681. The van der Waals surface area contributed by atoms with Crippen molar-refractivity contribution < 1.29 is 0 Å². The molecule has 1 heteroatoms. The molecule has 1 aliphatic rings. The highest BCUT2D eigenvalue weighted by molar-refractivity contribution is 6.31. The second-order valence-corrected chi connectivity index (χ2v) is 5.03. The molecule has 0 saturated heterocycles. The van der Waals surface area contributed by atoms with E-state index in [1.54, 1.807) is 0 Å². The van der Waals surface area contributed by atoms with Crippen LogP contribution in [0.1, 0.15) is 58.3 Å². The van der Waals surface area contributed by atoms with Crippen LogP contribution in [-0.4, -0.2) is 0 Å². The minimum absolute atomic E-state index is 0.969. The van der Waals surface area contributed by atoms with Gasteiger partial charge in [0.1, 0.15) is 0 Å². The minimum atomic E-state index is 0.969. The molecule has 0 unspecified atom stereocenters. The number of unbranched alkanes of at least 4 members (excludes halogenated alkanes) is 2. The van der Waals surface area contributed by atoms with Crippen molar-refractivity contribution in [2.75, 3.05) is 0 Å². The molecular formula is C15H23Cl. The zero-order valence-electron chi connectivity index (χ0n) is 10.4. The Morgan fingerprint density at radius 2 is 2.06 bits per heavy atom.